The van der Waals surface area contributed by atoms with Crippen LogP contribution < -0.4 is 16.7 Å². The molecule has 0 saturated heterocycles. The minimum Gasteiger partial charge on any atom is -0.361 e. The van der Waals surface area contributed by atoms with Gasteiger partial charge in [0.2, 0.25) is 5.91 Å². The van der Waals surface area contributed by atoms with Crippen LogP contribution in [-0.2, 0) is 4.79 Å². The van der Waals surface area contributed by atoms with E-state index in [1.165, 1.54) is 6.21 Å². The van der Waals surface area contributed by atoms with Gasteiger partial charge in [0.1, 0.15) is 0 Å². The topological polar surface area (TPSA) is 136 Å². The van der Waals surface area contributed by atoms with Crippen LogP contribution in [0, 0.1) is 0 Å². The molecule has 0 fully saturated rings. The van der Waals surface area contributed by atoms with Gasteiger partial charge in [0, 0.05) is 22.7 Å². The van der Waals surface area contributed by atoms with Gasteiger partial charge >= 0.3 is 5.69 Å². The molecule has 3 rings (SSSR count). The molecular weight excluding hydrogens is 332 g/mol. The third kappa shape index (κ3) is 3.60. The number of aromatic nitrogens is 4. The maximum atomic E-state index is 11.7. The Kier molecular flexibility index (Phi) is 4.57. The molecule has 0 unspecified atom stereocenters. The number of rotatable bonds is 5. The molecule has 2 heterocycles. The summed E-state index contributed by atoms with van der Waals surface area (Å²) in [6, 6.07) is 7.72. The minimum absolute atomic E-state index is 0.00496. The molecule has 1 amide bonds. The Bertz CT molecular complexity index is 1020. The van der Waals surface area contributed by atoms with E-state index in [4.69, 9.17) is 0 Å². The third-order valence-corrected chi connectivity index (χ3v) is 3.99. The van der Waals surface area contributed by atoms with Crippen LogP contribution in [0.5, 0.6) is 0 Å². The Labute approximate surface area is 138 Å². The summed E-state index contributed by atoms with van der Waals surface area (Å²) in [5.74, 6) is -0.462. The minimum atomic E-state index is -0.697. The highest BCUT2D eigenvalue weighted by Gasteiger charge is 2.07. The largest absolute Gasteiger partial charge is 0.361 e. The van der Waals surface area contributed by atoms with Crippen LogP contribution in [0.25, 0.3) is 10.9 Å². The predicted molar refractivity (Wildman–Crippen MR) is 90.2 cm³/mol. The first-order chi connectivity index (χ1) is 11.6. The fourth-order valence-corrected chi connectivity index (χ4v) is 2.60. The summed E-state index contributed by atoms with van der Waals surface area (Å²) in [5.41, 5.74) is 2.85. The van der Waals surface area contributed by atoms with Gasteiger partial charge in [0.15, 0.2) is 5.03 Å². The lowest BCUT2D eigenvalue weighted by Crippen LogP contribution is -2.26. The van der Waals surface area contributed by atoms with Gasteiger partial charge in [-0.1, -0.05) is 30.0 Å². The molecule has 2 aromatic heterocycles. The van der Waals surface area contributed by atoms with Crippen LogP contribution in [-0.4, -0.2) is 38.0 Å². The van der Waals surface area contributed by atoms with Gasteiger partial charge in [-0.15, -0.1) is 0 Å². The van der Waals surface area contributed by atoms with Crippen molar-refractivity contribution in [2.24, 2.45) is 5.10 Å². The number of amides is 1. The average molecular weight is 344 g/mol. The first-order valence-corrected chi connectivity index (χ1v) is 7.82. The molecule has 0 saturated carbocycles. The summed E-state index contributed by atoms with van der Waals surface area (Å²) in [7, 11) is 0. The van der Waals surface area contributed by atoms with Gasteiger partial charge in [-0.05, 0) is 6.07 Å². The number of H-pyrrole nitrogens is 3. The van der Waals surface area contributed by atoms with E-state index in [1.807, 2.05) is 29.2 Å². The molecule has 0 aliphatic rings. The summed E-state index contributed by atoms with van der Waals surface area (Å²) < 4.78 is 0. The molecule has 0 bridgehead atoms. The Balaban J connectivity index is 1.57. The SMILES string of the molecule is O=C(CSc1n[nH]c(=O)[nH]c1=O)N/N=C\c1c[nH]c2ccccc12. The van der Waals surface area contributed by atoms with Crippen molar-refractivity contribution in [3.05, 3.63) is 56.9 Å². The van der Waals surface area contributed by atoms with Crippen LogP contribution in [0.3, 0.4) is 0 Å². The van der Waals surface area contributed by atoms with Crippen molar-refractivity contribution >= 4 is 34.8 Å². The number of thioether (sulfide) groups is 1. The van der Waals surface area contributed by atoms with Crippen LogP contribution in [0.15, 0.2) is 50.2 Å². The Morgan fingerprint density at radius 1 is 1.33 bits per heavy atom. The zero-order chi connectivity index (χ0) is 16.9. The number of aromatic amines is 3. The van der Waals surface area contributed by atoms with Crippen molar-refractivity contribution in [3.8, 4) is 0 Å². The van der Waals surface area contributed by atoms with E-state index in [1.54, 1.807) is 6.20 Å². The summed E-state index contributed by atoms with van der Waals surface area (Å²) >= 11 is 0.897. The van der Waals surface area contributed by atoms with Gasteiger partial charge in [0.05, 0.1) is 12.0 Å². The van der Waals surface area contributed by atoms with Gasteiger partial charge in [0.25, 0.3) is 5.56 Å². The van der Waals surface area contributed by atoms with Crippen molar-refractivity contribution in [2.45, 2.75) is 5.03 Å². The number of benzene rings is 1. The highest BCUT2D eigenvalue weighted by Crippen LogP contribution is 2.15. The molecule has 0 aliphatic carbocycles. The molecule has 24 heavy (non-hydrogen) atoms. The standard InChI is InChI=1S/C14H12N6O3S/c21-11(7-24-13-12(22)17-14(23)20-19-13)18-16-6-8-5-15-10-4-2-1-3-9(8)10/h1-6,15H,7H2,(H,18,21)(H2,17,20,22,23)/b16-6-. The lowest BCUT2D eigenvalue weighted by Gasteiger charge is -1.98. The number of para-hydroxylation sites is 1. The van der Waals surface area contributed by atoms with E-state index in [2.05, 4.69) is 25.7 Å². The lowest BCUT2D eigenvalue weighted by atomic mass is 10.2. The van der Waals surface area contributed by atoms with Crippen molar-refractivity contribution in [2.75, 3.05) is 5.75 Å². The summed E-state index contributed by atoms with van der Waals surface area (Å²) in [4.78, 5) is 39.1. The number of hydrogen-bond donors (Lipinski definition) is 4. The van der Waals surface area contributed by atoms with Crippen molar-refractivity contribution < 1.29 is 4.79 Å². The van der Waals surface area contributed by atoms with Crippen LogP contribution in [0.1, 0.15) is 5.56 Å². The smallest absolute Gasteiger partial charge is 0.342 e. The van der Waals surface area contributed by atoms with Gasteiger partial charge in [-0.3, -0.25) is 14.6 Å². The quantitative estimate of drug-likeness (QED) is 0.297. The molecule has 3 aromatic rings. The maximum absolute atomic E-state index is 11.7. The highest BCUT2D eigenvalue weighted by molar-refractivity contribution is 7.99. The first-order valence-electron chi connectivity index (χ1n) is 6.83. The molecule has 0 aliphatic heterocycles. The number of carbonyl (C=O) groups is 1. The van der Waals surface area contributed by atoms with Crippen molar-refractivity contribution in [3.63, 3.8) is 0 Å². The molecule has 10 heteroatoms. The summed E-state index contributed by atoms with van der Waals surface area (Å²) in [6.45, 7) is 0. The van der Waals surface area contributed by atoms with E-state index >= 15 is 0 Å². The number of fused-ring (bicyclic) bond motifs is 1. The Morgan fingerprint density at radius 2 is 2.17 bits per heavy atom. The summed E-state index contributed by atoms with van der Waals surface area (Å²) in [6.07, 6.45) is 3.32. The molecule has 4 N–H and O–H groups in total. The van der Waals surface area contributed by atoms with Crippen molar-refractivity contribution in [1.29, 1.82) is 0 Å². The van der Waals surface area contributed by atoms with E-state index < -0.39 is 17.2 Å². The Morgan fingerprint density at radius 3 is 3.00 bits per heavy atom. The summed E-state index contributed by atoms with van der Waals surface area (Å²) in [5, 5.41) is 10.6. The molecule has 0 radical (unpaired) electrons. The second kappa shape index (κ2) is 6.96. The third-order valence-electron chi connectivity index (χ3n) is 3.03. The fraction of sp³-hybridized carbons (Fsp3) is 0.0714. The molecule has 122 valence electrons. The molecule has 9 nitrogen and oxygen atoms in total. The maximum Gasteiger partial charge on any atom is 0.342 e. The van der Waals surface area contributed by atoms with E-state index in [9.17, 15) is 14.4 Å². The Hall–Kier alpha value is -3.14. The predicted octanol–water partition coefficient (Wildman–Crippen LogP) is 0.182. The average Bonchev–Trinajstić information content (AvgIpc) is 2.97. The van der Waals surface area contributed by atoms with Gasteiger partial charge in [-0.2, -0.15) is 10.2 Å². The van der Waals surface area contributed by atoms with Gasteiger partial charge < -0.3 is 4.98 Å². The second-order valence-corrected chi connectivity index (χ2v) is 5.65. The van der Waals surface area contributed by atoms with E-state index in [0.717, 1.165) is 28.2 Å². The highest BCUT2D eigenvalue weighted by atomic mass is 32.2. The zero-order valence-electron chi connectivity index (χ0n) is 12.2. The van der Waals surface area contributed by atoms with E-state index in [0.29, 0.717) is 0 Å². The molecule has 0 spiro atoms. The van der Waals surface area contributed by atoms with Crippen LogP contribution in [0.4, 0.5) is 0 Å². The molecule has 0 atom stereocenters. The van der Waals surface area contributed by atoms with Crippen LogP contribution in [0.2, 0.25) is 0 Å². The monoisotopic (exact) mass is 344 g/mol. The van der Waals surface area contributed by atoms with Gasteiger partial charge in [-0.25, -0.2) is 15.3 Å². The first kappa shape index (κ1) is 15.7. The normalized spacial score (nSPS) is 11.2. The fourth-order valence-electron chi connectivity index (χ4n) is 1.98. The van der Waals surface area contributed by atoms with E-state index in [-0.39, 0.29) is 10.8 Å². The second-order valence-electron chi connectivity index (χ2n) is 4.68. The number of hydrogen-bond acceptors (Lipinski definition) is 6. The lowest BCUT2D eigenvalue weighted by molar-refractivity contribution is -0.118. The zero-order valence-corrected chi connectivity index (χ0v) is 13.0. The number of nitrogens with one attached hydrogen (secondary N) is 4. The van der Waals surface area contributed by atoms with Crippen LogP contribution >= 0.6 is 11.8 Å². The molecule has 1 aromatic carbocycles. The molecular formula is C14H12N6O3S. The number of nitrogens with zero attached hydrogens (tertiary/aromatic N) is 2. The van der Waals surface area contributed by atoms with Crippen molar-refractivity contribution in [1.82, 2.24) is 25.6 Å². The number of carbonyl (C=O) groups excluding carboxylic acids is 1. The number of hydrazone groups is 1.